The highest BCUT2D eigenvalue weighted by Crippen LogP contribution is 2.34. The monoisotopic (exact) mass is 430 g/mol. The fraction of sp³-hybridized carbons (Fsp3) is 0.400. The Balaban J connectivity index is 1.29. The molecule has 1 aromatic carbocycles. The summed E-state index contributed by atoms with van der Waals surface area (Å²) in [4.78, 5) is 24.9. The van der Waals surface area contributed by atoms with E-state index in [0.29, 0.717) is 43.4 Å². The molecule has 29 heavy (non-hydrogen) atoms. The standard InChI is InChI=1S/C20H22N4O3S2/c25-19-18-15-7-4-8-16(15)28-20(18)22-17(21-19)13-23-9-11-24(12-10-23)29(26,27)14-5-2-1-3-6-14/h1-3,5-6H,4,7-13H2,(H,21,22,25). The lowest BCUT2D eigenvalue weighted by Crippen LogP contribution is -2.48. The van der Waals surface area contributed by atoms with Gasteiger partial charge in [-0.25, -0.2) is 13.4 Å². The van der Waals surface area contributed by atoms with Gasteiger partial charge in [0.05, 0.1) is 16.8 Å². The summed E-state index contributed by atoms with van der Waals surface area (Å²) < 4.78 is 27.1. The maximum atomic E-state index is 12.8. The van der Waals surface area contributed by atoms with Gasteiger partial charge >= 0.3 is 0 Å². The average Bonchev–Trinajstić information content (AvgIpc) is 3.30. The first kappa shape index (κ1) is 18.9. The highest BCUT2D eigenvalue weighted by molar-refractivity contribution is 7.89. The van der Waals surface area contributed by atoms with Crippen LogP contribution in [0, 0.1) is 0 Å². The van der Waals surface area contributed by atoms with E-state index in [9.17, 15) is 13.2 Å². The molecule has 0 saturated carbocycles. The number of nitrogens with zero attached hydrogens (tertiary/aromatic N) is 3. The fourth-order valence-corrected chi connectivity index (χ4v) is 6.93. The molecule has 1 aliphatic heterocycles. The van der Waals surface area contributed by atoms with Gasteiger partial charge in [-0.2, -0.15) is 4.31 Å². The first-order valence-electron chi connectivity index (χ1n) is 9.83. The molecule has 2 aromatic heterocycles. The number of thiophene rings is 1. The van der Waals surface area contributed by atoms with Crippen molar-refractivity contribution in [2.45, 2.75) is 30.7 Å². The van der Waals surface area contributed by atoms with Gasteiger partial charge in [0.1, 0.15) is 10.7 Å². The Morgan fingerprint density at radius 2 is 1.83 bits per heavy atom. The molecule has 152 valence electrons. The van der Waals surface area contributed by atoms with Crippen LogP contribution in [0.2, 0.25) is 0 Å². The van der Waals surface area contributed by atoms with Crippen LogP contribution in [0.5, 0.6) is 0 Å². The Morgan fingerprint density at radius 1 is 1.07 bits per heavy atom. The van der Waals surface area contributed by atoms with Crippen molar-refractivity contribution in [2.24, 2.45) is 0 Å². The number of aromatic nitrogens is 2. The van der Waals surface area contributed by atoms with E-state index in [-0.39, 0.29) is 5.56 Å². The molecular weight excluding hydrogens is 408 g/mol. The molecule has 3 aromatic rings. The number of nitrogens with one attached hydrogen (secondary N) is 1. The van der Waals surface area contributed by atoms with E-state index in [2.05, 4.69) is 9.88 Å². The molecule has 0 spiro atoms. The first-order chi connectivity index (χ1) is 14.0. The van der Waals surface area contributed by atoms with Crippen molar-refractivity contribution in [3.8, 4) is 0 Å². The Labute approximate surface area is 173 Å². The molecule has 0 amide bonds. The molecule has 3 heterocycles. The van der Waals surface area contributed by atoms with Crippen LogP contribution in [-0.2, 0) is 29.4 Å². The summed E-state index contributed by atoms with van der Waals surface area (Å²) in [5.74, 6) is 0.654. The zero-order valence-electron chi connectivity index (χ0n) is 15.9. The summed E-state index contributed by atoms with van der Waals surface area (Å²) >= 11 is 1.64. The minimum absolute atomic E-state index is 0.0466. The predicted octanol–water partition coefficient (Wildman–Crippen LogP) is 1.98. The minimum atomic E-state index is -3.46. The second-order valence-electron chi connectivity index (χ2n) is 7.54. The third-order valence-corrected chi connectivity index (χ3v) is 8.81. The van der Waals surface area contributed by atoms with Crippen molar-refractivity contribution in [1.82, 2.24) is 19.2 Å². The summed E-state index contributed by atoms with van der Waals surface area (Å²) in [5.41, 5.74) is 1.14. The van der Waals surface area contributed by atoms with E-state index in [1.165, 1.54) is 14.7 Å². The quantitative estimate of drug-likeness (QED) is 0.684. The van der Waals surface area contributed by atoms with Crippen molar-refractivity contribution in [3.05, 3.63) is 57.0 Å². The van der Waals surface area contributed by atoms with Crippen LogP contribution in [0.4, 0.5) is 0 Å². The number of rotatable bonds is 4. The maximum Gasteiger partial charge on any atom is 0.259 e. The largest absolute Gasteiger partial charge is 0.309 e. The third-order valence-electron chi connectivity index (χ3n) is 5.71. The number of hydrogen-bond donors (Lipinski definition) is 1. The highest BCUT2D eigenvalue weighted by atomic mass is 32.2. The zero-order valence-corrected chi connectivity index (χ0v) is 17.6. The van der Waals surface area contributed by atoms with Gasteiger partial charge in [-0.05, 0) is 37.0 Å². The smallest absolute Gasteiger partial charge is 0.259 e. The Kier molecular flexibility index (Phi) is 4.78. The SMILES string of the molecule is O=c1[nH]c(CN2CCN(S(=O)(=O)c3ccccc3)CC2)nc2sc3c(c12)CCC3. The van der Waals surface area contributed by atoms with Crippen LogP contribution in [0.1, 0.15) is 22.7 Å². The summed E-state index contributed by atoms with van der Waals surface area (Å²) in [6, 6.07) is 8.54. The van der Waals surface area contributed by atoms with Gasteiger partial charge in [0.2, 0.25) is 10.0 Å². The molecule has 0 bridgehead atoms. The maximum absolute atomic E-state index is 12.8. The molecule has 5 rings (SSSR count). The van der Waals surface area contributed by atoms with Crippen molar-refractivity contribution in [3.63, 3.8) is 0 Å². The number of aromatic amines is 1. The number of aryl methyl sites for hydroxylation is 2. The predicted molar refractivity (Wildman–Crippen MR) is 113 cm³/mol. The van der Waals surface area contributed by atoms with Crippen LogP contribution >= 0.6 is 11.3 Å². The Hall–Kier alpha value is -2.07. The molecule has 1 aliphatic carbocycles. The van der Waals surface area contributed by atoms with Crippen LogP contribution < -0.4 is 5.56 Å². The second-order valence-corrected chi connectivity index (χ2v) is 10.6. The minimum Gasteiger partial charge on any atom is -0.309 e. The van der Waals surface area contributed by atoms with E-state index in [1.54, 1.807) is 35.6 Å². The van der Waals surface area contributed by atoms with Crippen molar-refractivity contribution in [1.29, 1.82) is 0 Å². The molecule has 1 fully saturated rings. The van der Waals surface area contributed by atoms with Crippen LogP contribution in [0.3, 0.4) is 0 Å². The van der Waals surface area contributed by atoms with Crippen molar-refractivity contribution < 1.29 is 8.42 Å². The Morgan fingerprint density at radius 3 is 2.59 bits per heavy atom. The highest BCUT2D eigenvalue weighted by Gasteiger charge is 2.29. The summed E-state index contributed by atoms with van der Waals surface area (Å²) in [6.07, 6.45) is 3.13. The zero-order chi connectivity index (χ0) is 20.0. The molecule has 7 nitrogen and oxygen atoms in total. The second kappa shape index (κ2) is 7.32. The van der Waals surface area contributed by atoms with Gasteiger partial charge in [0.15, 0.2) is 0 Å². The van der Waals surface area contributed by atoms with Crippen LogP contribution in [0.25, 0.3) is 10.2 Å². The van der Waals surface area contributed by atoms with E-state index in [4.69, 9.17) is 4.98 Å². The number of benzene rings is 1. The summed E-state index contributed by atoms with van der Waals surface area (Å²) in [5, 5.41) is 0.769. The molecule has 0 atom stereocenters. The summed E-state index contributed by atoms with van der Waals surface area (Å²) in [7, 11) is -3.46. The Bertz CT molecular complexity index is 1210. The normalized spacial score (nSPS) is 18.3. The topological polar surface area (TPSA) is 86.4 Å². The number of piperazine rings is 1. The number of H-pyrrole nitrogens is 1. The van der Waals surface area contributed by atoms with E-state index in [0.717, 1.165) is 29.5 Å². The van der Waals surface area contributed by atoms with E-state index in [1.807, 2.05) is 6.07 Å². The van der Waals surface area contributed by atoms with Gasteiger partial charge < -0.3 is 4.98 Å². The third kappa shape index (κ3) is 3.42. The molecule has 1 N–H and O–H groups in total. The van der Waals surface area contributed by atoms with Gasteiger partial charge in [-0.3, -0.25) is 9.69 Å². The average molecular weight is 431 g/mol. The lowest BCUT2D eigenvalue weighted by molar-refractivity contribution is 0.178. The van der Waals surface area contributed by atoms with Crippen LogP contribution in [-0.4, -0.2) is 53.8 Å². The van der Waals surface area contributed by atoms with Crippen LogP contribution in [0.15, 0.2) is 40.0 Å². The molecule has 0 radical (unpaired) electrons. The number of hydrogen-bond acceptors (Lipinski definition) is 6. The fourth-order valence-electron chi connectivity index (χ4n) is 4.20. The number of fused-ring (bicyclic) bond motifs is 3. The van der Waals surface area contributed by atoms with Gasteiger partial charge in [-0.1, -0.05) is 18.2 Å². The van der Waals surface area contributed by atoms with E-state index >= 15 is 0 Å². The van der Waals surface area contributed by atoms with Gasteiger partial charge in [0.25, 0.3) is 5.56 Å². The van der Waals surface area contributed by atoms with E-state index < -0.39 is 10.0 Å². The number of sulfonamides is 1. The summed E-state index contributed by atoms with van der Waals surface area (Å²) in [6.45, 7) is 2.59. The molecule has 9 heteroatoms. The lowest BCUT2D eigenvalue weighted by Gasteiger charge is -2.33. The first-order valence-corrected chi connectivity index (χ1v) is 12.1. The molecule has 1 saturated heterocycles. The van der Waals surface area contributed by atoms with Crippen molar-refractivity contribution >= 4 is 31.6 Å². The van der Waals surface area contributed by atoms with Gasteiger partial charge in [0, 0.05) is 31.1 Å². The van der Waals surface area contributed by atoms with Gasteiger partial charge in [-0.15, -0.1) is 11.3 Å². The molecular formula is C20H22N4O3S2. The van der Waals surface area contributed by atoms with Crippen molar-refractivity contribution in [2.75, 3.05) is 26.2 Å². The lowest BCUT2D eigenvalue weighted by atomic mass is 10.2. The molecule has 0 unspecified atom stereocenters. The molecule has 2 aliphatic rings.